The summed E-state index contributed by atoms with van der Waals surface area (Å²) < 4.78 is 57.6. The molecule has 1 aliphatic rings. The third kappa shape index (κ3) is 4.97. The van der Waals surface area contributed by atoms with E-state index in [0.29, 0.717) is 12.8 Å². The minimum atomic E-state index is -4.19. The number of halogens is 4. The summed E-state index contributed by atoms with van der Waals surface area (Å²) in [5, 5.41) is 2.41. The van der Waals surface area contributed by atoms with E-state index in [0.717, 1.165) is 12.1 Å². The number of benzene rings is 1. The van der Waals surface area contributed by atoms with Crippen LogP contribution in [0.1, 0.15) is 25.7 Å². The van der Waals surface area contributed by atoms with Gasteiger partial charge < -0.3 is 10.1 Å². The van der Waals surface area contributed by atoms with E-state index in [4.69, 9.17) is 4.74 Å². The summed E-state index contributed by atoms with van der Waals surface area (Å²) in [4.78, 5) is 11.1. The first-order valence-corrected chi connectivity index (χ1v) is 7.72. The molecular weight excluding hydrogens is 326 g/mol. The van der Waals surface area contributed by atoms with Gasteiger partial charge in [0.15, 0.2) is 11.6 Å². The molecular formula is C17H19F4NO2. The fraction of sp³-hybridized carbons (Fsp3) is 0.471. The molecule has 0 bridgehead atoms. The van der Waals surface area contributed by atoms with Crippen molar-refractivity contribution in [2.45, 2.75) is 31.9 Å². The Kier molecular flexibility index (Phi) is 5.85. The van der Waals surface area contributed by atoms with E-state index < -0.39 is 23.8 Å². The molecule has 1 aromatic carbocycles. The first-order valence-electron chi connectivity index (χ1n) is 7.72. The molecule has 7 heteroatoms. The van der Waals surface area contributed by atoms with Crippen molar-refractivity contribution in [1.29, 1.82) is 0 Å². The minimum Gasteiger partial charge on any atom is -0.490 e. The molecule has 2 unspecified atom stereocenters. The average molecular weight is 345 g/mol. The van der Waals surface area contributed by atoms with Gasteiger partial charge in [0.2, 0.25) is 5.91 Å². The number of hydrogen-bond acceptors (Lipinski definition) is 2. The molecule has 0 saturated heterocycles. The highest BCUT2D eigenvalue weighted by atomic mass is 19.4. The lowest BCUT2D eigenvalue weighted by molar-refractivity contribution is -0.186. The van der Waals surface area contributed by atoms with Gasteiger partial charge in [-0.25, -0.2) is 4.39 Å². The number of anilines is 1. The minimum absolute atomic E-state index is 0.0125. The van der Waals surface area contributed by atoms with E-state index in [1.165, 1.54) is 12.1 Å². The van der Waals surface area contributed by atoms with Gasteiger partial charge in [-0.1, -0.05) is 13.0 Å². The summed E-state index contributed by atoms with van der Waals surface area (Å²) in [6.45, 7) is 3.33. The summed E-state index contributed by atoms with van der Waals surface area (Å²) >= 11 is 0. The zero-order valence-electron chi connectivity index (χ0n) is 13.0. The molecule has 0 heterocycles. The fourth-order valence-electron chi connectivity index (χ4n) is 2.84. The van der Waals surface area contributed by atoms with E-state index in [2.05, 4.69) is 11.9 Å². The number of alkyl halides is 3. The van der Waals surface area contributed by atoms with Crippen molar-refractivity contribution in [3.05, 3.63) is 36.7 Å². The number of amides is 1. The second-order valence-electron chi connectivity index (χ2n) is 5.92. The van der Waals surface area contributed by atoms with Crippen LogP contribution in [-0.4, -0.2) is 18.7 Å². The molecule has 1 fully saturated rings. The smallest absolute Gasteiger partial charge is 0.391 e. The second kappa shape index (κ2) is 7.68. The molecule has 3 nitrogen and oxygen atoms in total. The Morgan fingerprint density at radius 2 is 2.12 bits per heavy atom. The molecule has 2 atom stereocenters. The summed E-state index contributed by atoms with van der Waals surface area (Å²) in [7, 11) is 0. The van der Waals surface area contributed by atoms with Gasteiger partial charge in [-0.2, -0.15) is 13.2 Å². The van der Waals surface area contributed by atoms with Crippen LogP contribution in [0.15, 0.2) is 30.9 Å². The Labute approximate surface area is 137 Å². The Bertz CT molecular complexity index is 601. The van der Waals surface area contributed by atoms with Crippen molar-refractivity contribution in [2.24, 2.45) is 11.8 Å². The van der Waals surface area contributed by atoms with Gasteiger partial charge in [0, 0.05) is 11.8 Å². The van der Waals surface area contributed by atoms with Crippen LogP contribution < -0.4 is 10.1 Å². The van der Waals surface area contributed by atoms with Crippen molar-refractivity contribution in [2.75, 3.05) is 11.9 Å². The maximum atomic E-state index is 13.9. The Morgan fingerprint density at radius 1 is 1.38 bits per heavy atom. The van der Waals surface area contributed by atoms with E-state index in [1.54, 1.807) is 0 Å². The van der Waals surface area contributed by atoms with Crippen LogP contribution in [0.25, 0.3) is 0 Å². The molecule has 1 aromatic rings. The van der Waals surface area contributed by atoms with E-state index >= 15 is 0 Å². The van der Waals surface area contributed by atoms with Gasteiger partial charge in [0.1, 0.15) is 0 Å². The van der Waals surface area contributed by atoms with Crippen molar-refractivity contribution in [1.82, 2.24) is 0 Å². The average Bonchev–Trinajstić information content (AvgIpc) is 2.53. The van der Waals surface area contributed by atoms with Crippen LogP contribution in [0, 0.1) is 17.7 Å². The van der Waals surface area contributed by atoms with Crippen LogP contribution in [0.2, 0.25) is 0 Å². The second-order valence-corrected chi connectivity index (χ2v) is 5.92. The van der Waals surface area contributed by atoms with Crippen LogP contribution in [0.5, 0.6) is 5.75 Å². The van der Waals surface area contributed by atoms with Crippen LogP contribution >= 0.6 is 0 Å². The van der Waals surface area contributed by atoms with Crippen LogP contribution in [0.3, 0.4) is 0 Å². The maximum Gasteiger partial charge on any atom is 0.391 e. The zero-order valence-corrected chi connectivity index (χ0v) is 13.0. The molecule has 0 radical (unpaired) electrons. The fourth-order valence-corrected chi connectivity index (χ4v) is 2.84. The lowest BCUT2D eigenvalue weighted by Gasteiger charge is -2.30. The Balaban J connectivity index is 1.92. The number of rotatable bonds is 5. The summed E-state index contributed by atoms with van der Waals surface area (Å²) in [5.41, 5.74) is 0.250. The molecule has 1 saturated carbocycles. The molecule has 1 N–H and O–H groups in total. The van der Waals surface area contributed by atoms with E-state index in [9.17, 15) is 22.4 Å². The predicted octanol–water partition coefficient (Wildman–Crippen LogP) is 4.70. The lowest BCUT2D eigenvalue weighted by atomic mass is 9.81. The zero-order chi connectivity index (χ0) is 17.7. The number of carbonyl (C=O) groups excluding carboxylic acids is 1. The van der Waals surface area contributed by atoms with Gasteiger partial charge in [0.05, 0.1) is 12.5 Å². The SMILES string of the molecule is C=CC(=O)Nc1ccc(OCC2CCCC(C(F)(F)F)C2)c(F)c1. The number of nitrogens with one attached hydrogen (secondary N) is 1. The monoisotopic (exact) mass is 345 g/mol. The van der Waals surface area contributed by atoms with E-state index in [1.807, 2.05) is 0 Å². The molecule has 1 amide bonds. The van der Waals surface area contributed by atoms with Crippen molar-refractivity contribution in [3.63, 3.8) is 0 Å². The van der Waals surface area contributed by atoms with Crippen molar-refractivity contribution < 1.29 is 27.1 Å². The number of ether oxygens (including phenoxy) is 1. The third-order valence-electron chi connectivity index (χ3n) is 4.11. The quantitative estimate of drug-likeness (QED) is 0.621. The summed E-state index contributed by atoms with van der Waals surface area (Å²) in [6.07, 6.45) is -1.84. The molecule has 0 aliphatic heterocycles. The first-order chi connectivity index (χ1) is 11.3. The highest BCUT2D eigenvalue weighted by Crippen LogP contribution is 2.40. The number of hydrogen-bond donors (Lipinski definition) is 1. The number of carbonyl (C=O) groups is 1. The molecule has 1 aliphatic carbocycles. The summed E-state index contributed by atoms with van der Waals surface area (Å²) in [5.74, 6) is -2.74. The highest BCUT2D eigenvalue weighted by Gasteiger charge is 2.42. The lowest BCUT2D eigenvalue weighted by Crippen LogP contribution is -2.30. The highest BCUT2D eigenvalue weighted by molar-refractivity contribution is 5.98. The molecule has 0 aromatic heterocycles. The molecule has 2 rings (SSSR count). The maximum absolute atomic E-state index is 13.9. The Hall–Kier alpha value is -2.05. The first kappa shape index (κ1) is 18.3. The van der Waals surface area contributed by atoms with Crippen LogP contribution in [-0.2, 0) is 4.79 Å². The van der Waals surface area contributed by atoms with Gasteiger partial charge in [0.25, 0.3) is 0 Å². The van der Waals surface area contributed by atoms with Gasteiger partial charge in [-0.3, -0.25) is 4.79 Å². The molecule has 132 valence electrons. The summed E-state index contributed by atoms with van der Waals surface area (Å²) in [6, 6.07) is 3.90. The topological polar surface area (TPSA) is 38.3 Å². The Morgan fingerprint density at radius 3 is 2.75 bits per heavy atom. The van der Waals surface area contributed by atoms with Crippen LogP contribution in [0.4, 0.5) is 23.2 Å². The molecule has 0 spiro atoms. The molecule has 24 heavy (non-hydrogen) atoms. The van der Waals surface area contributed by atoms with Gasteiger partial charge in [-0.05, 0) is 43.4 Å². The van der Waals surface area contributed by atoms with Crippen molar-refractivity contribution in [3.8, 4) is 5.75 Å². The predicted molar refractivity (Wildman–Crippen MR) is 82.2 cm³/mol. The van der Waals surface area contributed by atoms with Crippen molar-refractivity contribution >= 4 is 11.6 Å². The standard InChI is InChI=1S/C17H19F4NO2/c1-2-16(23)22-13-6-7-15(14(18)9-13)24-10-11-4-3-5-12(8-11)17(19,20)21/h2,6-7,9,11-12H,1,3-5,8,10H2,(H,22,23). The third-order valence-corrected chi connectivity index (χ3v) is 4.11. The normalized spacial score (nSPS) is 21.2. The van der Waals surface area contributed by atoms with E-state index in [-0.39, 0.29) is 36.8 Å². The van der Waals surface area contributed by atoms with Gasteiger partial charge >= 0.3 is 6.18 Å². The van der Waals surface area contributed by atoms with Gasteiger partial charge in [-0.15, -0.1) is 0 Å². The largest absolute Gasteiger partial charge is 0.490 e.